The summed E-state index contributed by atoms with van der Waals surface area (Å²) in [5.74, 6) is 1.32. The van der Waals surface area contributed by atoms with Crippen LogP contribution in [-0.2, 0) is 6.42 Å². The van der Waals surface area contributed by atoms with Gasteiger partial charge in [-0.15, -0.1) is 0 Å². The SMILES string of the molecule is COc1ccc2c(c1OC)CCC(O)C2O. The van der Waals surface area contributed by atoms with Crippen LogP contribution < -0.4 is 9.47 Å². The van der Waals surface area contributed by atoms with E-state index in [0.29, 0.717) is 24.3 Å². The summed E-state index contributed by atoms with van der Waals surface area (Å²) in [6, 6.07) is 3.53. The fourth-order valence-corrected chi connectivity index (χ4v) is 2.20. The molecule has 0 fully saturated rings. The average molecular weight is 224 g/mol. The number of aliphatic hydroxyl groups excluding tert-OH is 2. The van der Waals surface area contributed by atoms with Crippen LogP contribution in [0.1, 0.15) is 23.7 Å². The van der Waals surface area contributed by atoms with Crippen LogP contribution in [-0.4, -0.2) is 30.5 Å². The summed E-state index contributed by atoms with van der Waals surface area (Å²) in [5.41, 5.74) is 1.66. The highest BCUT2D eigenvalue weighted by Crippen LogP contribution is 2.40. The van der Waals surface area contributed by atoms with E-state index in [4.69, 9.17) is 9.47 Å². The van der Waals surface area contributed by atoms with Crippen LogP contribution in [0.2, 0.25) is 0 Å². The molecule has 0 heterocycles. The summed E-state index contributed by atoms with van der Waals surface area (Å²) in [6.45, 7) is 0. The van der Waals surface area contributed by atoms with E-state index in [9.17, 15) is 10.2 Å². The highest BCUT2D eigenvalue weighted by molar-refractivity contribution is 5.52. The number of fused-ring (bicyclic) bond motifs is 1. The first-order valence-electron chi connectivity index (χ1n) is 5.29. The molecule has 2 unspecified atom stereocenters. The fourth-order valence-electron chi connectivity index (χ4n) is 2.20. The third kappa shape index (κ3) is 1.64. The van der Waals surface area contributed by atoms with Gasteiger partial charge in [0.1, 0.15) is 6.10 Å². The standard InChI is InChI=1S/C12H16O4/c1-15-10-6-4-7-8(12(10)16-2)3-5-9(13)11(7)14/h4,6,9,11,13-14H,3,5H2,1-2H3. The number of benzene rings is 1. The molecule has 1 aromatic rings. The molecule has 1 aliphatic rings. The Morgan fingerprint density at radius 2 is 1.94 bits per heavy atom. The molecular weight excluding hydrogens is 208 g/mol. The van der Waals surface area contributed by atoms with Crippen molar-refractivity contribution in [3.05, 3.63) is 23.3 Å². The Balaban J connectivity index is 2.52. The average Bonchev–Trinajstić information content (AvgIpc) is 2.32. The highest BCUT2D eigenvalue weighted by atomic mass is 16.5. The van der Waals surface area contributed by atoms with Gasteiger partial charge in [0, 0.05) is 5.56 Å². The smallest absolute Gasteiger partial charge is 0.164 e. The topological polar surface area (TPSA) is 58.9 Å². The number of ether oxygens (including phenoxy) is 2. The summed E-state index contributed by atoms with van der Waals surface area (Å²) in [7, 11) is 3.16. The summed E-state index contributed by atoms with van der Waals surface area (Å²) >= 11 is 0. The zero-order valence-corrected chi connectivity index (χ0v) is 9.43. The van der Waals surface area contributed by atoms with Gasteiger partial charge in [0.15, 0.2) is 11.5 Å². The van der Waals surface area contributed by atoms with E-state index in [1.165, 1.54) is 0 Å². The van der Waals surface area contributed by atoms with Gasteiger partial charge >= 0.3 is 0 Å². The van der Waals surface area contributed by atoms with Crippen molar-refractivity contribution in [1.29, 1.82) is 0 Å². The van der Waals surface area contributed by atoms with E-state index in [2.05, 4.69) is 0 Å². The normalized spacial score (nSPS) is 23.8. The second-order valence-electron chi connectivity index (χ2n) is 3.92. The molecule has 0 saturated carbocycles. The number of aliphatic hydroxyl groups is 2. The van der Waals surface area contributed by atoms with Gasteiger partial charge in [0.25, 0.3) is 0 Å². The quantitative estimate of drug-likeness (QED) is 0.788. The number of rotatable bonds is 2. The number of methoxy groups -OCH3 is 2. The molecule has 0 spiro atoms. The minimum absolute atomic E-state index is 0.539. The molecule has 88 valence electrons. The lowest BCUT2D eigenvalue weighted by molar-refractivity contribution is 0.00605. The van der Waals surface area contributed by atoms with Gasteiger partial charge in [-0.05, 0) is 24.5 Å². The Labute approximate surface area is 94.4 Å². The summed E-state index contributed by atoms with van der Waals surface area (Å²) in [4.78, 5) is 0. The summed E-state index contributed by atoms with van der Waals surface area (Å²) < 4.78 is 10.5. The van der Waals surface area contributed by atoms with E-state index in [1.807, 2.05) is 0 Å². The first kappa shape index (κ1) is 11.2. The van der Waals surface area contributed by atoms with Crippen LogP contribution >= 0.6 is 0 Å². The van der Waals surface area contributed by atoms with Crippen molar-refractivity contribution in [2.45, 2.75) is 25.0 Å². The molecule has 4 heteroatoms. The Morgan fingerprint density at radius 1 is 1.19 bits per heavy atom. The molecule has 2 N–H and O–H groups in total. The second kappa shape index (κ2) is 4.31. The molecule has 0 aliphatic heterocycles. The number of hydrogen-bond acceptors (Lipinski definition) is 4. The maximum absolute atomic E-state index is 9.87. The van der Waals surface area contributed by atoms with Crippen LogP contribution in [0.15, 0.2) is 12.1 Å². The Hall–Kier alpha value is -1.26. The minimum atomic E-state index is -0.830. The molecule has 2 rings (SSSR count). The van der Waals surface area contributed by atoms with E-state index < -0.39 is 12.2 Å². The molecule has 0 saturated heterocycles. The minimum Gasteiger partial charge on any atom is -0.493 e. The van der Waals surface area contributed by atoms with Crippen molar-refractivity contribution in [2.75, 3.05) is 14.2 Å². The predicted octanol–water partition coefficient (Wildman–Crippen LogP) is 1.04. The lowest BCUT2D eigenvalue weighted by atomic mass is 9.86. The molecule has 0 bridgehead atoms. The Bertz CT molecular complexity index is 389. The van der Waals surface area contributed by atoms with Crippen molar-refractivity contribution in [2.24, 2.45) is 0 Å². The number of hydrogen-bond donors (Lipinski definition) is 2. The molecule has 0 amide bonds. The largest absolute Gasteiger partial charge is 0.493 e. The van der Waals surface area contributed by atoms with E-state index in [-0.39, 0.29) is 0 Å². The van der Waals surface area contributed by atoms with Crippen molar-refractivity contribution in [3.8, 4) is 11.5 Å². The van der Waals surface area contributed by atoms with Crippen molar-refractivity contribution in [1.82, 2.24) is 0 Å². The van der Waals surface area contributed by atoms with Gasteiger partial charge in [-0.1, -0.05) is 6.07 Å². The molecule has 2 atom stereocenters. The maximum atomic E-state index is 9.87. The van der Waals surface area contributed by atoms with Gasteiger partial charge < -0.3 is 19.7 Å². The predicted molar refractivity (Wildman–Crippen MR) is 58.8 cm³/mol. The highest BCUT2D eigenvalue weighted by Gasteiger charge is 2.29. The summed E-state index contributed by atoms with van der Waals surface area (Å²) in [5, 5.41) is 19.5. The Kier molecular flexibility index (Phi) is 3.03. The lowest BCUT2D eigenvalue weighted by Crippen LogP contribution is -2.25. The van der Waals surface area contributed by atoms with Crippen molar-refractivity contribution < 1.29 is 19.7 Å². The van der Waals surface area contributed by atoms with Gasteiger partial charge in [0.2, 0.25) is 0 Å². The molecule has 0 radical (unpaired) electrons. The van der Waals surface area contributed by atoms with Crippen LogP contribution in [0.4, 0.5) is 0 Å². The molecule has 1 aromatic carbocycles. The zero-order chi connectivity index (χ0) is 11.7. The van der Waals surface area contributed by atoms with Crippen LogP contribution in [0.5, 0.6) is 11.5 Å². The third-order valence-corrected chi connectivity index (χ3v) is 3.06. The molecule has 1 aliphatic carbocycles. The first-order chi connectivity index (χ1) is 7.69. The molecule has 4 nitrogen and oxygen atoms in total. The molecule has 16 heavy (non-hydrogen) atoms. The fraction of sp³-hybridized carbons (Fsp3) is 0.500. The first-order valence-corrected chi connectivity index (χ1v) is 5.29. The lowest BCUT2D eigenvalue weighted by Gasteiger charge is -2.28. The van der Waals surface area contributed by atoms with Gasteiger partial charge in [-0.25, -0.2) is 0 Å². The second-order valence-corrected chi connectivity index (χ2v) is 3.92. The van der Waals surface area contributed by atoms with Crippen LogP contribution in [0, 0.1) is 0 Å². The van der Waals surface area contributed by atoms with E-state index in [0.717, 1.165) is 11.1 Å². The Morgan fingerprint density at radius 3 is 2.56 bits per heavy atom. The molecule has 0 aromatic heterocycles. The third-order valence-electron chi connectivity index (χ3n) is 3.06. The maximum Gasteiger partial charge on any atom is 0.164 e. The van der Waals surface area contributed by atoms with Gasteiger partial charge in [0.05, 0.1) is 20.3 Å². The van der Waals surface area contributed by atoms with Crippen LogP contribution in [0.25, 0.3) is 0 Å². The van der Waals surface area contributed by atoms with Crippen molar-refractivity contribution in [3.63, 3.8) is 0 Å². The monoisotopic (exact) mass is 224 g/mol. The summed E-state index contributed by atoms with van der Waals surface area (Å²) in [6.07, 6.45) is -0.291. The van der Waals surface area contributed by atoms with Gasteiger partial charge in [-0.3, -0.25) is 0 Å². The van der Waals surface area contributed by atoms with Crippen molar-refractivity contribution >= 4 is 0 Å². The molecular formula is C12H16O4. The van der Waals surface area contributed by atoms with E-state index >= 15 is 0 Å². The zero-order valence-electron chi connectivity index (χ0n) is 9.43. The van der Waals surface area contributed by atoms with E-state index in [1.54, 1.807) is 26.4 Å². The van der Waals surface area contributed by atoms with Crippen LogP contribution in [0.3, 0.4) is 0 Å². The van der Waals surface area contributed by atoms with Gasteiger partial charge in [-0.2, -0.15) is 0 Å².